The van der Waals surface area contributed by atoms with E-state index in [1.54, 1.807) is 11.3 Å². The molecule has 0 spiro atoms. The minimum absolute atomic E-state index is 0.0987. The first kappa shape index (κ1) is 18.6. The topological polar surface area (TPSA) is 59.8 Å². The Bertz CT molecular complexity index is 1080. The summed E-state index contributed by atoms with van der Waals surface area (Å²) in [6, 6.07) is 14.4. The molecule has 0 aliphatic heterocycles. The van der Waals surface area contributed by atoms with Crippen molar-refractivity contribution in [2.45, 2.75) is 26.7 Å². The van der Waals surface area contributed by atoms with Gasteiger partial charge in [0, 0.05) is 34.3 Å². The highest BCUT2D eigenvalue weighted by atomic mass is 32.1. The van der Waals surface area contributed by atoms with Crippen molar-refractivity contribution in [3.8, 4) is 5.13 Å². The van der Waals surface area contributed by atoms with Crippen LogP contribution in [0.25, 0.3) is 5.13 Å². The molecule has 1 aromatic carbocycles. The highest BCUT2D eigenvalue weighted by Crippen LogP contribution is 2.23. The van der Waals surface area contributed by atoms with Gasteiger partial charge in [-0.3, -0.25) is 9.36 Å². The van der Waals surface area contributed by atoms with Gasteiger partial charge in [0.25, 0.3) is 0 Å². The Morgan fingerprint density at radius 2 is 1.86 bits per heavy atom. The van der Waals surface area contributed by atoms with Crippen LogP contribution in [0.3, 0.4) is 0 Å². The highest BCUT2D eigenvalue weighted by Gasteiger charge is 2.13. The van der Waals surface area contributed by atoms with Crippen LogP contribution in [-0.4, -0.2) is 20.4 Å². The monoisotopic (exact) mass is 408 g/mol. The summed E-state index contributed by atoms with van der Waals surface area (Å²) >= 11 is 3.06. The van der Waals surface area contributed by atoms with E-state index in [2.05, 4.69) is 58.0 Å². The third kappa shape index (κ3) is 4.21. The lowest BCUT2D eigenvalue weighted by molar-refractivity contribution is -0.115. The van der Waals surface area contributed by atoms with Crippen molar-refractivity contribution < 1.29 is 4.79 Å². The third-order valence-electron chi connectivity index (χ3n) is 4.36. The summed E-state index contributed by atoms with van der Waals surface area (Å²) in [4.78, 5) is 22.5. The second-order valence-corrected chi connectivity index (χ2v) is 8.54. The van der Waals surface area contributed by atoms with Crippen LogP contribution in [0.1, 0.15) is 27.5 Å². The Kier molecular flexibility index (Phi) is 5.36. The van der Waals surface area contributed by atoms with Crippen LogP contribution < -0.4 is 5.32 Å². The predicted molar refractivity (Wildman–Crippen MR) is 115 cm³/mol. The number of carbonyl (C=O) groups is 1. The number of hydrogen-bond donors (Lipinski definition) is 1. The molecule has 3 heterocycles. The Morgan fingerprint density at radius 1 is 1.11 bits per heavy atom. The number of benzene rings is 1. The lowest BCUT2D eigenvalue weighted by Gasteiger charge is -2.04. The molecule has 4 rings (SSSR count). The molecule has 1 N–H and O–H groups in total. The number of rotatable bonds is 6. The molecular weight excluding hydrogens is 388 g/mol. The largest absolute Gasteiger partial charge is 0.302 e. The van der Waals surface area contributed by atoms with E-state index in [4.69, 9.17) is 0 Å². The molecule has 28 heavy (non-hydrogen) atoms. The first-order valence-corrected chi connectivity index (χ1v) is 10.7. The van der Waals surface area contributed by atoms with Gasteiger partial charge in [0.1, 0.15) is 0 Å². The zero-order valence-electron chi connectivity index (χ0n) is 15.7. The molecule has 3 aromatic heterocycles. The molecule has 1 amide bonds. The molecule has 142 valence electrons. The Morgan fingerprint density at radius 3 is 2.61 bits per heavy atom. The summed E-state index contributed by atoms with van der Waals surface area (Å²) in [7, 11) is 0. The number of nitrogens with zero attached hydrogens (tertiary/aromatic N) is 3. The lowest BCUT2D eigenvalue weighted by Crippen LogP contribution is -2.14. The zero-order chi connectivity index (χ0) is 19.5. The molecular formula is C21H20N4OS2. The predicted octanol–water partition coefficient (Wildman–Crippen LogP) is 4.78. The minimum Gasteiger partial charge on any atom is -0.302 e. The Balaban J connectivity index is 1.38. The van der Waals surface area contributed by atoms with Crippen molar-refractivity contribution in [3.05, 3.63) is 81.6 Å². The van der Waals surface area contributed by atoms with Gasteiger partial charge in [0.05, 0.1) is 12.1 Å². The van der Waals surface area contributed by atoms with Crippen molar-refractivity contribution in [1.82, 2.24) is 14.5 Å². The Hall–Kier alpha value is -2.77. The normalized spacial score (nSPS) is 10.9. The van der Waals surface area contributed by atoms with Crippen LogP contribution in [0.2, 0.25) is 0 Å². The number of amides is 1. The fraction of sp³-hybridized carbons (Fsp3) is 0.190. The molecule has 7 heteroatoms. The number of nitrogens with one attached hydrogen (secondary N) is 1. The van der Waals surface area contributed by atoms with Crippen LogP contribution in [0.5, 0.6) is 0 Å². The summed E-state index contributed by atoms with van der Waals surface area (Å²) in [6.07, 6.45) is 2.88. The molecule has 0 aliphatic carbocycles. The van der Waals surface area contributed by atoms with E-state index in [9.17, 15) is 4.79 Å². The molecule has 0 saturated heterocycles. The number of aryl methyl sites for hydroxylation is 2. The molecule has 0 unspecified atom stereocenters. The van der Waals surface area contributed by atoms with E-state index in [0.717, 1.165) is 33.5 Å². The number of hydrogen-bond acceptors (Lipinski definition) is 5. The van der Waals surface area contributed by atoms with Crippen molar-refractivity contribution in [1.29, 1.82) is 0 Å². The fourth-order valence-corrected chi connectivity index (χ4v) is 4.83. The standard InChI is InChI=1S/C21H20N4OS2/c1-14-8-9-15(2)25(14)21-23-17(13-27-21)11-19(26)24-20-22-12-18(28-20)10-16-6-4-3-5-7-16/h3-9,12-13H,10-11H2,1-2H3,(H,22,24,26). The van der Waals surface area contributed by atoms with E-state index < -0.39 is 0 Å². The number of thiazole rings is 2. The van der Waals surface area contributed by atoms with E-state index in [-0.39, 0.29) is 12.3 Å². The summed E-state index contributed by atoms with van der Waals surface area (Å²) < 4.78 is 2.10. The number of aromatic nitrogens is 3. The van der Waals surface area contributed by atoms with Gasteiger partial charge < -0.3 is 5.32 Å². The second kappa shape index (κ2) is 8.08. The lowest BCUT2D eigenvalue weighted by atomic mass is 10.1. The van der Waals surface area contributed by atoms with Gasteiger partial charge in [-0.05, 0) is 31.5 Å². The average molecular weight is 409 g/mol. The van der Waals surface area contributed by atoms with E-state index in [1.807, 2.05) is 29.8 Å². The molecule has 0 fully saturated rings. The SMILES string of the molecule is Cc1ccc(C)n1-c1nc(CC(=O)Nc2ncc(Cc3ccccc3)s2)cs1. The van der Waals surface area contributed by atoms with E-state index >= 15 is 0 Å². The maximum Gasteiger partial charge on any atom is 0.232 e. The maximum absolute atomic E-state index is 12.4. The van der Waals surface area contributed by atoms with Crippen LogP contribution in [0.15, 0.2) is 54.0 Å². The summed E-state index contributed by atoms with van der Waals surface area (Å²) in [5.41, 5.74) is 4.27. The number of carbonyl (C=O) groups excluding carboxylic acids is 1. The highest BCUT2D eigenvalue weighted by molar-refractivity contribution is 7.15. The van der Waals surface area contributed by atoms with Crippen LogP contribution >= 0.6 is 22.7 Å². The minimum atomic E-state index is -0.0987. The molecule has 0 aliphatic rings. The smallest absolute Gasteiger partial charge is 0.232 e. The molecule has 5 nitrogen and oxygen atoms in total. The summed E-state index contributed by atoms with van der Waals surface area (Å²) in [6.45, 7) is 4.10. The molecule has 4 aromatic rings. The first-order chi connectivity index (χ1) is 13.6. The van der Waals surface area contributed by atoms with E-state index in [1.165, 1.54) is 16.9 Å². The third-order valence-corrected chi connectivity index (χ3v) is 6.15. The van der Waals surface area contributed by atoms with Gasteiger partial charge in [0.2, 0.25) is 5.91 Å². The first-order valence-electron chi connectivity index (χ1n) is 8.96. The summed E-state index contributed by atoms with van der Waals surface area (Å²) in [5, 5.41) is 6.35. The van der Waals surface area contributed by atoms with Gasteiger partial charge in [-0.2, -0.15) is 0 Å². The van der Waals surface area contributed by atoms with Crippen molar-refractivity contribution >= 4 is 33.7 Å². The van der Waals surface area contributed by atoms with Crippen molar-refractivity contribution in [2.24, 2.45) is 0 Å². The maximum atomic E-state index is 12.4. The molecule has 0 bridgehead atoms. The van der Waals surface area contributed by atoms with Crippen LogP contribution in [-0.2, 0) is 17.6 Å². The van der Waals surface area contributed by atoms with E-state index in [0.29, 0.717) is 5.13 Å². The van der Waals surface area contributed by atoms with Crippen LogP contribution in [0, 0.1) is 13.8 Å². The molecule has 0 radical (unpaired) electrons. The Labute approximate surface area is 171 Å². The van der Waals surface area contributed by atoms with Gasteiger partial charge in [-0.25, -0.2) is 9.97 Å². The van der Waals surface area contributed by atoms with Crippen molar-refractivity contribution in [2.75, 3.05) is 5.32 Å². The van der Waals surface area contributed by atoms with Gasteiger partial charge in [-0.15, -0.1) is 22.7 Å². The quantitative estimate of drug-likeness (QED) is 0.499. The molecule has 0 atom stereocenters. The fourth-order valence-electron chi connectivity index (χ4n) is 3.02. The van der Waals surface area contributed by atoms with Crippen LogP contribution in [0.4, 0.5) is 5.13 Å². The van der Waals surface area contributed by atoms with Gasteiger partial charge >= 0.3 is 0 Å². The van der Waals surface area contributed by atoms with Crippen molar-refractivity contribution in [3.63, 3.8) is 0 Å². The molecule has 0 saturated carbocycles. The summed E-state index contributed by atoms with van der Waals surface area (Å²) in [5.74, 6) is -0.0987. The van der Waals surface area contributed by atoms with Gasteiger partial charge in [-0.1, -0.05) is 30.3 Å². The second-order valence-electron chi connectivity index (χ2n) is 6.59. The van der Waals surface area contributed by atoms with Gasteiger partial charge in [0.15, 0.2) is 10.3 Å². The number of anilines is 1. The zero-order valence-corrected chi connectivity index (χ0v) is 17.3. The average Bonchev–Trinajstić information content (AvgIpc) is 3.38.